The third-order valence-corrected chi connectivity index (χ3v) is 2.85. The molecule has 0 radical (unpaired) electrons. The molecule has 0 saturated carbocycles. The molecule has 0 aliphatic rings. The lowest BCUT2D eigenvalue weighted by Crippen LogP contribution is -2.04. The molecule has 0 bridgehead atoms. The molecular weight excluding hydrogens is 282 g/mol. The molecule has 108 valence electrons. The molecule has 2 aromatic rings. The van der Waals surface area contributed by atoms with Crippen LogP contribution in [-0.2, 0) is 6.54 Å². The van der Waals surface area contributed by atoms with Crippen LogP contribution < -0.4 is 14.8 Å². The van der Waals surface area contributed by atoms with E-state index in [4.69, 9.17) is 21.1 Å². The molecule has 1 heterocycles. The van der Waals surface area contributed by atoms with Gasteiger partial charge in [-0.25, -0.2) is 0 Å². The first kappa shape index (κ1) is 14.4. The highest BCUT2D eigenvalue weighted by Gasteiger charge is 2.11. The van der Waals surface area contributed by atoms with Crippen molar-refractivity contribution in [3.8, 4) is 11.5 Å². The molecule has 20 heavy (non-hydrogen) atoms. The van der Waals surface area contributed by atoms with Crippen LogP contribution in [0, 0.1) is 0 Å². The van der Waals surface area contributed by atoms with Crippen molar-refractivity contribution >= 4 is 17.5 Å². The van der Waals surface area contributed by atoms with E-state index in [-0.39, 0.29) is 0 Å². The van der Waals surface area contributed by atoms with Gasteiger partial charge in [-0.3, -0.25) is 0 Å². The summed E-state index contributed by atoms with van der Waals surface area (Å²) in [7, 11) is 0. The molecule has 7 nitrogen and oxygen atoms in total. The number of nitrogens with one attached hydrogen (secondary N) is 2. The van der Waals surface area contributed by atoms with E-state index in [2.05, 4.69) is 25.9 Å². The highest BCUT2D eigenvalue weighted by Crippen LogP contribution is 2.33. The Kier molecular flexibility index (Phi) is 5.00. The zero-order valence-electron chi connectivity index (χ0n) is 11.3. The smallest absolute Gasteiger partial charge is 0.263 e. The number of nitrogens with zero attached hydrogens (tertiary/aromatic N) is 3. The van der Waals surface area contributed by atoms with Crippen LogP contribution in [0.2, 0.25) is 5.02 Å². The summed E-state index contributed by atoms with van der Waals surface area (Å²) in [5.74, 6) is 1.72. The predicted octanol–water partition coefficient (Wildman–Crippen LogP) is 2.26. The number of H-pyrrole nitrogens is 1. The maximum Gasteiger partial charge on any atom is 0.263 e. The van der Waals surface area contributed by atoms with E-state index in [9.17, 15) is 0 Å². The summed E-state index contributed by atoms with van der Waals surface area (Å²) in [6, 6.07) is 3.60. The maximum atomic E-state index is 6.24. The number of anilines is 1. The third kappa shape index (κ3) is 3.51. The van der Waals surface area contributed by atoms with Gasteiger partial charge in [0.25, 0.3) is 5.95 Å². The van der Waals surface area contributed by atoms with Gasteiger partial charge in [-0.1, -0.05) is 16.7 Å². The monoisotopic (exact) mass is 297 g/mol. The van der Waals surface area contributed by atoms with Crippen molar-refractivity contribution in [1.29, 1.82) is 0 Å². The lowest BCUT2D eigenvalue weighted by molar-refractivity contribution is 0.287. The fraction of sp³-hybridized carbons (Fsp3) is 0.417. The Labute approximate surface area is 121 Å². The average Bonchev–Trinajstić information content (AvgIpc) is 2.94. The summed E-state index contributed by atoms with van der Waals surface area (Å²) in [5, 5.41) is 17.0. The molecule has 1 aromatic heterocycles. The first-order chi connectivity index (χ1) is 9.74. The van der Waals surface area contributed by atoms with Crippen LogP contribution in [0.5, 0.6) is 11.5 Å². The van der Waals surface area contributed by atoms with E-state index >= 15 is 0 Å². The summed E-state index contributed by atoms with van der Waals surface area (Å²) in [6.45, 7) is 5.40. The predicted molar refractivity (Wildman–Crippen MR) is 75.3 cm³/mol. The van der Waals surface area contributed by atoms with E-state index in [1.165, 1.54) is 0 Å². The number of hydrogen-bond acceptors (Lipinski definition) is 6. The van der Waals surface area contributed by atoms with Gasteiger partial charge in [0.1, 0.15) is 0 Å². The molecule has 8 heteroatoms. The number of aromatic amines is 1. The van der Waals surface area contributed by atoms with E-state index < -0.39 is 0 Å². The standard InChI is InChI=1S/C12H16ClN5O2/c1-3-19-10-5-8(7-14-12-15-17-18-16-12)9(13)6-11(10)20-4-2/h5-6H,3-4,7H2,1-2H3,(H2,14,15,16,17,18). The fourth-order valence-corrected chi connectivity index (χ4v) is 1.88. The van der Waals surface area contributed by atoms with Crippen molar-refractivity contribution in [3.63, 3.8) is 0 Å². The number of benzene rings is 1. The minimum Gasteiger partial charge on any atom is -0.490 e. The molecule has 0 saturated heterocycles. The Bertz CT molecular complexity index is 547. The van der Waals surface area contributed by atoms with Crippen molar-refractivity contribution < 1.29 is 9.47 Å². The number of ether oxygens (including phenoxy) is 2. The van der Waals surface area contributed by atoms with Crippen molar-refractivity contribution in [2.75, 3.05) is 18.5 Å². The van der Waals surface area contributed by atoms with Gasteiger partial charge in [-0.2, -0.15) is 5.21 Å². The number of hydrogen-bond donors (Lipinski definition) is 2. The Morgan fingerprint density at radius 1 is 1.20 bits per heavy atom. The summed E-state index contributed by atoms with van der Waals surface area (Å²) >= 11 is 6.24. The number of tetrazole rings is 1. The second-order valence-corrected chi connectivity index (χ2v) is 4.25. The molecule has 0 fully saturated rings. The highest BCUT2D eigenvalue weighted by molar-refractivity contribution is 6.31. The molecule has 0 spiro atoms. The van der Waals surface area contributed by atoms with Gasteiger partial charge >= 0.3 is 0 Å². The summed E-state index contributed by atoms with van der Waals surface area (Å²) in [4.78, 5) is 0. The van der Waals surface area contributed by atoms with Crippen LogP contribution in [-0.4, -0.2) is 33.8 Å². The van der Waals surface area contributed by atoms with Gasteiger partial charge in [0.15, 0.2) is 11.5 Å². The number of rotatable bonds is 7. The first-order valence-corrected chi connectivity index (χ1v) is 6.67. The minimum absolute atomic E-state index is 0.410. The van der Waals surface area contributed by atoms with Gasteiger partial charge in [-0.15, -0.1) is 5.10 Å². The quantitative estimate of drug-likeness (QED) is 0.815. The van der Waals surface area contributed by atoms with Crippen LogP contribution >= 0.6 is 11.6 Å². The lowest BCUT2D eigenvalue weighted by Gasteiger charge is -2.14. The van der Waals surface area contributed by atoms with Crippen molar-refractivity contribution in [1.82, 2.24) is 20.6 Å². The largest absolute Gasteiger partial charge is 0.490 e. The Morgan fingerprint density at radius 2 is 1.90 bits per heavy atom. The average molecular weight is 298 g/mol. The molecular formula is C12H16ClN5O2. The molecule has 0 aliphatic heterocycles. The van der Waals surface area contributed by atoms with Crippen LogP contribution in [0.4, 0.5) is 5.95 Å². The van der Waals surface area contributed by atoms with Gasteiger partial charge in [0.2, 0.25) is 0 Å². The zero-order chi connectivity index (χ0) is 14.4. The van der Waals surface area contributed by atoms with Gasteiger partial charge < -0.3 is 14.8 Å². The van der Waals surface area contributed by atoms with E-state index in [0.717, 1.165) is 5.56 Å². The minimum atomic E-state index is 0.410. The second kappa shape index (κ2) is 6.95. The SMILES string of the molecule is CCOc1cc(Cl)c(CNc2nn[nH]n2)cc1OCC. The molecule has 0 atom stereocenters. The summed E-state index contributed by atoms with van der Waals surface area (Å²) in [5.41, 5.74) is 0.864. The molecule has 0 unspecified atom stereocenters. The Balaban J connectivity index is 2.17. The van der Waals surface area contributed by atoms with Gasteiger partial charge in [-0.05, 0) is 30.7 Å². The fourth-order valence-electron chi connectivity index (χ4n) is 1.66. The maximum absolute atomic E-state index is 6.24. The van der Waals surface area contributed by atoms with E-state index in [0.29, 0.717) is 42.2 Å². The second-order valence-electron chi connectivity index (χ2n) is 3.85. The molecule has 2 rings (SSSR count). The number of aromatic nitrogens is 4. The summed E-state index contributed by atoms with van der Waals surface area (Å²) < 4.78 is 11.1. The van der Waals surface area contributed by atoms with Gasteiger partial charge in [0, 0.05) is 17.6 Å². The summed E-state index contributed by atoms with van der Waals surface area (Å²) in [6.07, 6.45) is 0. The van der Waals surface area contributed by atoms with Gasteiger partial charge in [0.05, 0.1) is 13.2 Å². The lowest BCUT2D eigenvalue weighted by atomic mass is 10.2. The van der Waals surface area contributed by atoms with E-state index in [1.54, 1.807) is 6.07 Å². The zero-order valence-corrected chi connectivity index (χ0v) is 12.1. The molecule has 1 aromatic carbocycles. The molecule has 2 N–H and O–H groups in total. The Hall–Kier alpha value is -2.02. The van der Waals surface area contributed by atoms with Crippen LogP contribution in [0.15, 0.2) is 12.1 Å². The highest BCUT2D eigenvalue weighted by atomic mass is 35.5. The molecule has 0 amide bonds. The normalized spacial score (nSPS) is 10.3. The van der Waals surface area contributed by atoms with Crippen LogP contribution in [0.1, 0.15) is 19.4 Å². The third-order valence-electron chi connectivity index (χ3n) is 2.49. The number of halogens is 1. The van der Waals surface area contributed by atoms with Crippen LogP contribution in [0.25, 0.3) is 0 Å². The van der Waals surface area contributed by atoms with Crippen LogP contribution in [0.3, 0.4) is 0 Å². The molecule has 0 aliphatic carbocycles. The van der Waals surface area contributed by atoms with Crippen molar-refractivity contribution in [2.45, 2.75) is 20.4 Å². The van der Waals surface area contributed by atoms with E-state index in [1.807, 2.05) is 19.9 Å². The van der Waals surface area contributed by atoms with Crippen molar-refractivity contribution in [3.05, 3.63) is 22.7 Å². The topological polar surface area (TPSA) is 85.0 Å². The Morgan fingerprint density at radius 3 is 2.50 bits per heavy atom. The first-order valence-electron chi connectivity index (χ1n) is 6.30. The van der Waals surface area contributed by atoms with Crippen molar-refractivity contribution in [2.24, 2.45) is 0 Å².